The lowest BCUT2D eigenvalue weighted by Crippen LogP contribution is -2.33. The van der Waals surface area contributed by atoms with Gasteiger partial charge in [0.15, 0.2) is 0 Å². The molecule has 1 aromatic carbocycles. The molecule has 0 saturated carbocycles. The van der Waals surface area contributed by atoms with Crippen LogP contribution in [0.15, 0.2) is 35.8 Å². The van der Waals surface area contributed by atoms with Crippen molar-refractivity contribution in [2.24, 2.45) is 0 Å². The number of aromatic nitrogens is 1. The Morgan fingerprint density at radius 3 is 2.43 bits per heavy atom. The molecule has 118 valence electrons. The highest BCUT2D eigenvalue weighted by atomic mass is 32.1. The van der Waals surface area contributed by atoms with Crippen LogP contribution in [-0.2, 0) is 5.92 Å². The lowest BCUT2D eigenvalue weighted by atomic mass is 10.0. The van der Waals surface area contributed by atoms with Gasteiger partial charge in [-0.15, -0.1) is 11.3 Å². The maximum Gasteiger partial charge on any atom is 0.458 e. The zero-order valence-corrected chi connectivity index (χ0v) is 12.0. The Labute approximate surface area is 130 Å². The molecular formula is C15H7F5N2S. The minimum atomic E-state index is -5.67. The van der Waals surface area contributed by atoms with E-state index in [1.54, 1.807) is 6.07 Å². The molecule has 3 rings (SSSR count). The summed E-state index contributed by atoms with van der Waals surface area (Å²) in [5, 5.41) is 10.5. The third-order valence-electron chi connectivity index (χ3n) is 3.41. The molecule has 0 aliphatic carbocycles. The molecule has 0 amide bonds. The van der Waals surface area contributed by atoms with E-state index >= 15 is 0 Å². The second-order valence-electron chi connectivity index (χ2n) is 4.81. The van der Waals surface area contributed by atoms with Gasteiger partial charge < -0.3 is 4.98 Å². The fourth-order valence-corrected chi connectivity index (χ4v) is 3.22. The SMILES string of the molecule is N#Cc1ccc2[nH]cc(-c3ccsc3C(F)(F)C(F)(F)F)c2c1. The monoisotopic (exact) mass is 342 g/mol. The predicted molar refractivity (Wildman–Crippen MR) is 76.3 cm³/mol. The van der Waals surface area contributed by atoms with Gasteiger partial charge in [-0.25, -0.2) is 0 Å². The topological polar surface area (TPSA) is 39.6 Å². The molecule has 2 heterocycles. The Morgan fingerprint density at radius 2 is 1.78 bits per heavy atom. The molecule has 0 atom stereocenters. The van der Waals surface area contributed by atoms with Crippen molar-refractivity contribution in [1.29, 1.82) is 5.26 Å². The Hall–Kier alpha value is -2.40. The van der Waals surface area contributed by atoms with E-state index in [0.29, 0.717) is 22.2 Å². The Balaban J connectivity index is 2.23. The Bertz CT molecular complexity index is 914. The van der Waals surface area contributed by atoms with Crippen LogP contribution in [0.3, 0.4) is 0 Å². The summed E-state index contributed by atoms with van der Waals surface area (Å²) < 4.78 is 65.4. The number of rotatable bonds is 2. The van der Waals surface area contributed by atoms with Gasteiger partial charge in [0.05, 0.1) is 16.5 Å². The second-order valence-corrected chi connectivity index (χ2v) is 5.73. The molecule has 8 heteroatoms. The fourth-order valence-electron chi connectivity index (χ4n) is 2.31. The van der Waals surface area contributed by atoms with E-state index in [9.17, 15) is 22.0 Å². The summed E-state index contributed by atoms with van der Waals surface area (Å²) in [6.45, 7) is 0. The summed E-state index contributed by atoms with van der Waals surface area (Å²) in [4.78, 5) is 1.75. The lowest BCUT2D eigenvalue weighted by molar-refractivity contribution is -0.287. The van der Waals surface area contributed by atoms with Gasteiger partial charge in [-0.2, -0.15) is 27.2 Å². The quantitative estimate of drug-likeness (QED) is 0.621. The van der Waals surface area contributed by atoms with Crippen LogP contribution in [0.4, 0.5) is 22.0 Å². The standard InChI is InChI=1S/C15H7F5N2S/c16-14(17,15(18,19)20)13-9(3-4-23-13)11-7-22-12-2-1-8(6-21)5-10(11)12/h1-5,7,22H. The van der Waals surface area contributed by atoms with Crippen molar-refractivity contribution in [3.8, 4) is 17.2 Å². The number of H-pyrrole nitrogens is 1. The summed E-state index contributed by atoms with van der Waals surface area (Å²) in [5.41, 5.74) is 0.847. The molecule has 0 radical (unpaired) electrons. The van der Waals surface area contributed by atoms with Crippen molar-refractivity contribution in [2.75, 3.05) is 0 Å². The largest absolute Gasteiger partial charge is 0.458 e. The molecule has 0 bridgehead atoms. The zero-order valence-electron chi connectivity index (χ0n) is 11.2. The number of nitrogens with zero attached hydrogens (tertiary/aromatic N) is 1. The first-order valence-corrected chi connectivity index (χ1v) is 7.18. The average Bonchev–Trinajstić information content (AvgIpc) is 3.11. The van der Waals surface area contributed by atoms with Gasteiger partial charge in [-0.1, -0.05) is 0 Å². The number of halogens is 5. The summed E-state index contributed by atoms with van der Waals surface area (Å²) in [5.74, 6) is -4.94. The molecule has 0 aliphatic heterocycles. The number of nitrogens with one attached hydrogen (secondary N) is 1. The first-order valence-electron chi connectivity index (χ1n) is 6.30. The molecule has 1 N–H and O–H groups in total. The molecular weight excluding hydrogens is 335 g/mol. The highest BCUT2D eigenvalue weighted by Gasteiger charge is 2.60. The first kappa shape index (κ1) is 15.5. The van der Waals surface area contributed by atoms with E-state index in [1.165, 1.54) is 29.8 Å². The lowest BCUT2D eigenvalue weighted by Gasteiger charge is -2.19. The third-order valence-corrected chi connectivity index (χ3v) is 4.39. The molecule has 3 aromatic rings. The summed E-state index contributed by atoms with van der Waals surface area (Å²) in [6, 6.07) is 7.69. The number of alkyl halides is 5. The summed E-state index contributed by atoms with van der Waals surface area (Å²) >= 11 is 0.351. The van der Waals surface area contributed by atoms with Crippen LogP contribution in [-0.4, -0.2) is 11.2 Å². The van der Waals surface area contributed by atoms with Gasteiger partial charge in [0.2, 0.25) is 0 Å². The number of fused-ring (bicyclic) bond motifs is 1. The highest BCUT2D eigenvalue weighted by Crippen LogP contribution is 2.50. The van der Waals surface area contributed by atoms with Gasteiger partial charge >= 0.3 is 12.1 Å². The number of hydrogen-bond donors (Lipinski definition) is 1. The molecule has 23 heavy (non-hydrogen) atoms. The van der Waals surface area contributed by atoms with E-state index in [1.807, 2.05) is 6.07 Å². The normalized spacial score (nSPS) is 12.5. The maximum absolute atomic E-state index is 13.7. The van der Waals surface area contributed by atoms with Crippen molar-refractivity contribution in [2.45, 2.75) is 12.1 Å². The van der Waals surface area contributed by atoms with Gasteiger partial charge in [0.1, 0.15) is 0 Å². The molecule has 0 unspecified atom stereocenters. The Morgan fingerprint density at radius 1 is 1.04 bits per heavy atom. The summed E-state index contributed by atoms with van der Waals surface area (Å²) in [6.07, 6.45) is -4.31. The van der Waals surface area contributed by atoms with E-state index in [-0.39, 0.29) is 16.7 Å². The molecule has 0 aliphatic rings. The van der Waals surface area contributed by atoms with Crippen LogP contribution >= 0.6 is 11.3 Å². The third kappa shape index (κ3) is 2.37. The van der Waals surface area contributed by atoms with Crippen molar-refractivity contribution in [1.82, 2.24) is 4.98 Å². The van der Waals surface area contributed by atoms with Crippen LogP contribution in [0.25, 0.3) is 22.0 Å². The minimum absolute atomic E-state index is 0.196. The van der Waals surface area contributed by atoms with Crippen molar-refractivity contribution >= 4 is 22.2 Å². The van der Waals surface area contributed by atoms with E-state index in [2.05, 4.69) is 4.98 Å². The number of benzene rings is 1. The average molecular weight is 342 g/mol. The molecule has 0 saturated heterocycles. The second kappa shape index (κ2) is 5.06. The molecule has 0 spiro atoms. The van der Waals surface area contributed by atoms with E-state index < -0.39 is 17.0 Å². The first-order chi connectivity index (χ1) is 10.8. The smallest absolute Gasteiger partial charge is 0.361 e. The van der Waals surface area contributed by atoms with Crippen molar-refractivity contribution in [3.05, 3.63) is 46.3 Å². The van der Waals surface area contributed by atoms with Crippen LogP contribution in [0.2, 0.25) is 0 Å². The minimum Gasteiger partial charge on any atom is -0.361 e. The maximum atomic E-state index is 13.7. The highest BCUT2D eigenvalue weighted by molar-refractivity contribution is 7.10. The molecule has 0 fully saturated rings. The number of hydrogen-bond acceptors (Lipinski definition) is 2. The number of nitriles is 1. The number of aromatic amines is 1. The van der Waals surface area contributed by atoms with Crippen LogP contribution < -0.4 is 0 Å². The van der Waals surface area contributed by atoms with Gasteiger partial charge in [0, 0.05) is 28.2 Å². The van der Waals surface area contributed by atoms with Crippen LogP contribution in [0, 0.1) is 11.3 Å². The van der Waals surface area contributed by atoms with E-state index in [4.69, 9.17) is 5.26 Å². The van der Waals surface area contributed by atoms with Crippen LogP contribution in [0.1, 0.15) is 10.4 Å². The molecule has 2 aromatic heterocycles. The van der Waals surface area contributed by atoms with E-state index in [0.717, 1.165) is 0 Å². The van der Waals surface area contributed by atoms with Crippen molar-refractivity contribution in [3.63, 3.8) is 0 Å². The van der Waals surface area contributed by atoms with Crippen molar-refractivity contribution < 1.29 is 22.0 Å². The van der Waals surface area contributed by atoms with Gasteiger partial charge in [0.25, 0.3) is 0 Å². The number of thiophene rings is 1. The van der Waals surface area contributed by atoms with Gasteiger partial charge in [-0.05, 0) is 29.6 Å². The fraction of sp³-hybridized carbons (Fsp3) is 0.133. The van der Waals surface area contributed by atoms with Crippen LogP contribution in [0.5, 0.6) is 0 Å². The molecule has 2 nitrogen and oxygen atoms in total. The summed E-state index contributed by atoms with van der Waals surface area (Å²) in [7, 11) is 0. The van der Waals surface area contributed by atoms with Gasteiger partial charge in [-0.3, -0.25) is 0 Å². The zero-order chi connectivity index (χ0) is 16.8. The predicted octanol–water partition coefficient (Wildman–Crippen LogP) is 5.42. The Kier molecular flexibility index (Phi) is 3.41.